The topological polar surface area (TPSA) is 58.5 Å². The number of benzene rings is 3. The summed E-state index contributed by atoms with van der Waals surface area (Å²) in [6.45, 7) is 5.25. The third-order valence-electron chi connectivity index (χ3n) is 4.58. The van der Waals surface area contributed by atoms with Crippen molar-refractivity contribution in [3.63, 3.8) is 0 Å². The fraction of sp³-hybridized carbons (Fsp3) is 0.217. The van der Waals surface area contributed by atoms with Gasteiger partial charge in [0.1, 0.15) is 0 Å². The highest BCUT2D eigenvalue weighted by atomic mass is 15.4. The van der Waals surface area contributed by atoms with Crippen LogP contribution in [0.4, 0.5) is 28.4 Å². The smallest absolute Gasteiger partial charge is 0.0691 e. The van der Waals surface area contributed by atoms with Gasteiger partial charge in [0.25, 0.3) is 0 Å². The molecule has 0 aromatic heterocycles. The average molecular weight is 361 g/mol. The Bertz CT molecular complexity index is 844. The highest BCUT2D eigenvalue weighted by Gasteiger charge is 2.14. The van der Waals surface area contributed by atoms with Crippen LogP contribution in [0, 0.1) is 5.92 Å². The van der Waals surface area contributed by atoms with E-state index in [1.165, 1.54) is 0 Å². The van der Waals surface area contributed by atoms with Crippen LogP contribution < -0.4 is 21.5 Å². The summed E-state index contributed by atoms with van der Waals surface area (Å²) in [5.41, 5.74) is 11.1. The minimum atomic E-state index is 0.630. The van der Waals surface area contributed by atoms with Gasteiger partial charge in [0, 0.05) is 17.9 Å². The highest BCUT2D eigenvalue weighted by Crippen LogP contribution is 2.37. The van der Waals surface area contributed by atoms with Crippen molar-refractivity contribution in [3.05, 3.63) is 78.9 Å². The Morgan fingerprint density at radius 3 is 1.93 bits per heavy atom. The van der Waals surface area contributed by atoms with E-state index in [9.17, 15) is 0 Å². The van der Waals surface area contributed by atoms with Gasteiger partial charge in [-0.2, -0.15) is 0 Å². The summed E-state index contributed by atoms with van der Waals surface area (Å²) in [6, 6.07) is 26.4. The Hall–Kier alpha value is -2.98. The maximum absolute atomic E-state index is 6.27. The number of anilines is 5. The molecule has 0 radical (unpaired) electrons. The molecule has 0 aliphatic rings. The molecule has 0 saturated heterocycles. The number of hydrazine groups is 1. The molecule has 3 aromatic rings. The summed E-state index contributed by atoms with van der Waals surface area (Å²) in [4.78, 5) is 2.16. The Morgan fingerprint density at radius 1 is 0.741 bits per heavy atom. The monoisotopic (exact) mass is 360 g/mol. The van der Waals surface area contributed by atoms with Crippen molar-refractivity contribution in [2.45, 2.75) is 20.3 Å². The van der Waals surface area contributed by atoms with Gasteiger partial charge in [-0.1, -0.05) is 44.2 Å². The van der Waals surface area contributed by atoms with Crippen molar-refractivity contribution >= 4 is 28.4 Å². The predicted octanol–water partition coefficient (Wildman–Crippen LogP) is 5.46. The quantitative estimate of drug-likeness (QED) is 0.333. The molecule has 0 bridgehead atoms. The first kappa shape index (κ1) is 18.8. The molecule has 0 atom stereocenters. The molecular weight excluding hydrogens is 332 g/mol. The molecule has 4 N–H and O–H groups in total. The normalized spacial score (nSPS) is 10.8. The summed E-state index contributed by atoms with van der Waals surface area (Å²) in [5, 5.41) is 1.81. The molecule has 4 nitrogen and oxygen atoms in total. The third kappa shape index (κ3) is 4.60. The molecule has 0 spiro atoms. The lowest BCUT2D eigenvalue weighted by atomic mass is 10.1. The van der Waals surface area contributed by atoms with E-state index in [1.54, 1.807) is 0 Å². The van der Waals surface area contributed by atoms with E-state index < -0.39 is 0 Å². The molecule has 27 heavy (non-hydrogen) atoms. The van der Waals surface area contributed by atoms with Crippen LogP contribution in [0.3, 0.4) is 0 Å². The van der Waals surface area contributed by atoms with Crippen LogP contribution in [0.25, 0.3) is 0 Å². The molecule has 0 unspecified atom stereocenters. The zero-order chi connectivity index (χ0) is 19.2. The molecule has 0 fully saturated rings. The van der Waals surface area contributed by atoms with E-state index in [0.717, 1.165) is 41.4 Å². The SMILES string of the molecule is CC(C)CCN(N)c1ccc(N(c2ccccc2)c2ccccc2N)cc1. The van der Waals surface area contributed by atoms with E-state index in [-0.39, 0.29) is 0 Å². The minimum Gasteiger partial charge on any atom is -0.397 e. The van der Waals surface area contributed by atoms with E-state index >= 15 is 0 Å². The summed E-state index contributed by atoms with van der Waals surface area (Å²) >= 11 is 0. The molecule has 0 amide bonds. The number of nitrogens with two attached hydrogens (primary N) is 2. The van der Waals surface area contributed by atoms with Gasteiger partial charge in [0.2, 0.25) is 0 Å². The lowest BCUT2D eigenvalue weighted by molar-refractivity contribution is 0.577. The molecule has 140 valence electrons. The Morgan fingerprint density at radius 2 is 1.30 bits per heavy atom. The van der Waals surface area contributed by atoms with Crippen LogP contribution >= 0.6 is 0 Å². The second-order valence-electron chi connectivity index (χ2n) is 7.12. The van der Waals surface area contributed by atoms with Gasteiger partial charge in [-0.25, -0.2) is 5.84 Å². The lowest BCUT2D eigenvalue weighted by Crippen LogP contribution is -2.32. The number of para-hydroxylation sites is 3. The van der Waals surface area contributed by atoms with Gasteiger partial charge in [0.15, 0.2) is 0 Å². The van der Waals surface area contributed by atoms with Gasteiger partial charge in [0.05, 0.1) is 17.1 Å². The highest BCUT2D eigenvalue weighted by molar-refractivity contribution is 5.83. The van der Waals surface area contributed by atoms with Crippen LogP contribution in [-0.4, -0.2) is 6.54 Å². The Balaban J connectivity index is 1.93. The molecule has 0 heterocycles. The zero-order valence-corrected chi connectivity index (χ0v) is 16.0. The number of hydrogen-bond acceptors (Lipinski definition) is 4. The average Bonchev–Trinajstić information content (AvgIpc) is 2.69. The summed E-state index contributed by atoms with van der Waals surface area (Å²) in [7, 11) is 0. The maximum Gasteiger partial charge on any atom is 0.0691 e. The van der Waals surface area contributed by atoms with Crippen LogP contribution in [0.1, 0.15) is 20.3 Å². The van der Waals surface area contributed by atoms with Crippen LogP contribution in [-0.2, 0) is 0 Å². The standard InChI is InChI=1S/C23H28N4/c1-18(2)16-17-26(25)19-12-14-21(15-13-19)27(20-8-4-3-5-9-20)23-11-7-6-10-22(23)24/h3-15,18H,16-17,24-25H2,1-2H3. The summed E-state index contributed by atoms with van der Waals surface area (Å²) < 4.78 is 0. The van der Waals surface area contributed by atoms with Crippen LogP contribution in [0.5, 0.6) is 0 Å². The van der Waals surface area contributed by atoms with Gasteiger partial charge >= 0.3 is 0 Å². The van der Waals surface area contributed by atoms with Crippen LogP contribution in [0.15, 0.2) is 78.9 Å². The van der Waals surface area contributed by atoms with Gasteiger partial charge in [-0.05, 0) is 60.9 Å². The molecule has 0 aliphatic carbocycles. The molecular formula is C23H28N4. The summed E-state index contributed by atoms with van der Waals surface area (Å²) in [5.74, 6) is 6.85. The van der Waals surface area contributed by atoms with E-state index in [2.05, 4.69) is 55.1 Å². The number of rotatable bonds is 7. The number of hydrogen-bond donors (Lipinski definition) is 2. The first-order chi connectivity index (χ1) is 13.1. The van der Waals surface area contributed by atoms with Crippen molar-refractivity contribution in [2.24, 2.45) is 11.8 Å². The molecule has 3 rings (SSSR count). The zero-order valence-electron chi connectivity index (χ0n) is 16.0. The fourth-order valence-corrected chi connectivity index (χ4v) is 3.02. The fourth-order valence-electron chi connectivity index (χ4n) is 3.02. The second kappa shape index (κ2) is 8.60. The van der Waals surface area contributed by atoms with Crippen molar-refractivity contribution in [2.75, 3.05) is 22.2 Å². The third-order valence-corrected chi connectivity index (χ3v) is 4.58. The van der Waals surface area contributed by atoms with E-state index in [0.29, 0.717) is 5.92 Å². The number of nitrogens with zero attached hydrogens (tertiary/aromatic N) is 2. The lowest BCUT2D eigenvalue weighted by Gasteiger charge is -2.27. The van der Waals surface area contributed by atoms with Crippen molar-refractivity contribution in [1.29, 1.82) is 0 Å². The predicted molar refractivity (Wildman–Crippen MR) is 117 cm³/mol. The van der Waals surface area contributed by atoms with E-state index in [1.807, 2.05) is 47.5 Å². The molecule has 4 heteroatoms. The van der Waals surface area contributed by atoms with Gasteiger partial charge in [-0.3, -0.25) is 0 Å². The second-order valence-corrected chi connectivity index (χ2v) is 7.12. The summed E-state index contributed by atoms with van der Waals surface area (Å²) in [6.07, 6.45) is 1.06. The maximum atomic E-state index is 6.27. The molecule has 0 aliphatic heterocycles. The minimum absolute atomic E-state index is 0.630. The molecule has 3 aromatic carbocycles. The van der Waals surface area contributed by atoms with Crippen molar-refractivity contribution in [1.82, 2.24) is 0 Å². The first-order valence-corrected chi connectivity index (χ1v) is 9.38. The number of nitrogen functional groups attached to an aromatic ring is 1. The van der Waals surface area contributed by atoms with Crippen molar-refractivity contribution in [3.8, 4) is 0 Å². The van der Waals surface area contributed by atoms with Crippen molar-refractivity contribution < 1.29 is 0 Å². The van der Waals surface area contributed by atoms with E-state index in [4.69, 9.17) is 11.6 Å². The van der Waals surface area contributed by atoms with Gasteiger partial charge in [-0.15, -0.1) is 0 Å². The van der Waals surface area contributed by atoms with Crippen LogP contribution in [0.2, 0.25) is 0 Å². The van der Waals surface area contributed by atoms with Gasteiger partial charge < -0.3 is 15.6 Å². The largest absolute Gasteiger partial charge is 0.397 e. The Kier molecular flexibility index (Phi) is 5.99. The first-order valence-electron chi connectivity index (χ1n) is 9.38. The molecule has 0 saturated carbocycles. The Labute approximate surface area is 162 Å².